The van der Waals surface area contributed by atoms with Crippen LogP contribution in [0.4, 0.5) is 0 Å². The van der Waals surface area contributed by atoms with Gasteiger partial charge >= 0.3 is 0 Å². The molecule has 0 saturated heterocycles. The van der Waals surface area contributed by atoms with Crippen molar-refractivity contribution in [3.8, 4) is 0 Å². The molecule has 0 unspecified atom stereocenters. The number of carbonyl (C=O) groups excluding carboxylic acids is 1. The number of nitrogens with zero attached hydrogens (tertiary/aromatic N) is 2. The summed E-state index contributed by atoms with van der Waals surface area (Å²) in [6.45, 7) is 1.32. The van der Waals surface area contributed by atoms with Gasteiger partial charge in [0.2, 0.25) is 5.91 Å². The van der Waals surface area contributed by atoms with E-state index in [1.165, 1.54) is 6.92 Å². The molecule has 0 heterocycles. The van der Waals surface area contributed by atoms with Gasteiger partial charge in [0, 0.05) is 6.92 Å². The van der Waals surface area contributed by atoms with Crippen molar-refractivity contribution in [2.24, 2.45) is 10.9 Å². The van der Waals surface area contributed by atoms with Crippen molar-refractivity contribution in [2.75, 3.05) is 0 Å². The van der Waals surface area contributed by atoms with Crippen molar-refractivity contribution in [3.63, 3.8) is 0 Å². The SMILES string of the molecule is CC(=O)NN(C=N)/C=N/N. The second-order valence-electron chi connectivity index (χ2n) is 1.47. The quantitative estimate of drug-likeness (QED) is 0.201. The van der Waals surface area contributed by atoms with Crippen LogP contribution < -0.4 is 11.3 Å². The molecule has 0 saturated carbocycles. The molecule has 0 aromatic rings. The summed E-state index contributed by atoms with van der Waals surface area (Å²) in [7, 11) is 0. The molecule has 1 amide bonds. The van der Waals surface area contributed by atoms with Crippen molar-refractivity contribution < 1.29 is 4.79 Å². The molecular weight excluding hydrogens is 134 g/mol. The molecule has 0 aliphatic rings. The minimum atomic E-state index is -0.289. The Morgan fingerprint density at radius 2 is 2.50 bits per heavy atom. The lowest BCUT2D eigenvalue weighted by Crippen LogP contribution is -2.38. The third-order valence-corrected chi connectivity index (χ3v) is 0.617. The maximum Gasteiger partial charge on any atom is 0.235 e. The maximum atomic E-state index is 10.3. The van der Waals surface area contributed by atoms with Gasteiger partial charge < -0.3 is 5.84 Å². The van der Waals surface area contributed by atoms with E-state index in [1.54, 1.807) is 0 Å². The van der Waals surface area contributed by atoms with Crippen LogP contribution in [0.25, 0.3) is 0 Å². The standard InChI is InChI=1S/C4H9N5O/c1-4(10)8-9(2-5)3-7-6/h2-3,5H,6H2,1H3,(H,8,10)/b5-2?,7-3+. The summed E-state index contributed by atoms with van der Waals surface area (Å²) in [5, 5.41) is 10.8. The third-order valence-electron chi connectivity index (χ3n) is 0.617. The van der Waals surface area contributed by atoms with Gasteiger partial charge in [-0.3, -0.25) is 15.6 Å². The lowest BCUT2D eigenvalue weighted by atomic mass is 10.7. The molecule has 0 aliphatic carbocycles. The molecule has 0 spiro atoms. The van der Waals surface area contributed by atoms with Crippen molar-refractivity contribution in [2.45, 2.75) is 6.92 Å². The smallest absolute Gasteiger partial charge is 0.235 e. The molecule has 0 aromatic heterocycles. The Balaban J connectivity index is 3.83. The van der Waals surface area contributed by atoms with Crippen LogP contribution in [0.15, 0.2) is 5.10 Å². The van der Waals surface area contributed by atoms with E-state index in [2.05, 4.69) is 10.5 Å². The van der Waals surface area contributed by atoms with Gasteiger partial charge in [-0.15, -0.1) is 0 Å². The molecule has 0 bridgehead atoms. The Morgan fingerprint density at radius 3 is 2.80 bits per heavy atom. The molecule has 0 radical (unpaired) electrons. The van der Waals surface area contributed by atoms with Gasteiger partial charge in [-0.05, 0) is 0 Å². The topological polar surface area (TPSA) is 94.6 Å². The maximum absolute atomic E-state index is 10.3. The van der Waals surface area contributed by atoms with Gasteiger partial charge in [-0.2, -0.15) is 5.10 Å². The van der Waals surface area contributed by atoms with E-state index in [9.17, 15) is 4.79 Å². The van der Waals surface area contributed by atoms with Crippen molar-refractivity contribution in [3.05, 3.63) is 0 Å². The molecule has 56 valence electrons. The van der Waals surface area contributed by atoms with Crippen LogP contribution >= 0.6 is 0 Å². The summed E-state index contributed by atoms with van der Waals surface area (Å²) in [6, 6.07) is 0. The molecule has 6 nitrogen and oxygen atoms in total. The summed E-state index contributed by atoms with van der Waals surface area (Å²) >= 11 is 0. The van der Waals surface area contributed by atoms with Crippen LogP contribution in [0, 0.1) is 5.41 Å². The average Bonchev–Trinajstić information content (AvgIpc) is 1.86. The van der Waals surface area contributed by atoms with Gasteiger partial charge in [-0.25, -0.2) is 5.01 Å². The minimum Gasteiger partial charge on any atom is -0.322 e. The zero-order valence-electron chi connectivity index (χ0n) is 5.53. The Hall–Kier alpha value is -1.59. The molecule has 0 aromatic carbocycles. The summed E-state index contributed by atoms with van der Waals surface area (Å²) in [5.41, 5.74) is 2.25. The Kier molecular flexibility index (Phi) is 3.62. The first-order chi connectivity index (χ1) is 4.70. The zero-order chi connectivity index (χ0) is 7.98. The van der Waals surface area contributed by atoms with Crippen LogP contribution in [0.5, 0.6) is 0 Å². The lowest BCUT2D eigenvalue weighted by Gasteiger charge is -2.10. The highest BCUT2D eigenvalue weighted by atomic mass is 16.2. The first-order valence-corrected chi connectivity index (χ1v) is 2.50. The van der Waals surface area contributed by atoms with E-state index in [0.717, 1.165) is 17.7 Å². The highest BCUT2D eigenvalue weighted by Crippen LogP contribution is 1.68. The fraction of sp³-hybridized carbons (Fsp3) is 0.250. The van der Waals surface area contributed by atoms with Gasteiger partial charge in [0.15, 0.2) is 0 Å². The second-order valence-corrected chi connectivity index (χ2v) is 1.47. The number of rotatable bonds is 3. The molecule has 4 N–H and O–H groups in total. The number of hydrazine groups is 1. The Morgan fingerprint density at radius 1 is 1.90 bits per heavy atom. The van der Waals surface area contributed by atoms with E-state index >= 15 is 0 Å². The van der Waals surface area contributed by atoms with Crippen molar-refractivity contribution >= 4 is 18.6 Å². The summed E-state index contributed by atoms with van der Waals surface area (Å²) < 4.78 is 0. The fourth-order valence-corrected chi connectivity index (χ4v) is 0.348. The van der Waals surface area contributed by atoms with Gasteiger partial charge in [0.1, 0.15) is 12.7 Å². The number of amides is 1. The number of carbonyl (C=O) groups is 1. The number of nitrogens with two attached hydrogens (primary N) is 1. The monoisotopic (exact) mass is 143 g/mol. The fourth-order valence-electron chi connectivity index (χ4n) is 0.348. The molecule has 0 aliphatic heterocycles. The summed E-state index contributed by atoms with van der Waals surface area (Å²) in [5.74, 6) is 4.47. The Labute approximate surface area is 58.2 Å². The largest absolute Gasteiger partial charge is 0.322 e. The first kappa shape index (κ1) is 8.41. The third kappa shape index (κ3) is 3.42. The molecule has 0 atom stereocenters. The van der Waals surface area contributed by atoms with E-state index in [4.69, 9.17) is 11.3 Å². The zero-order valence-corrected chi connectivity index (χ0v) is 5.53. The van der Waals surface area contributed by atoms with Gasteiger partial charge in [-0.1, -0.05) is 0 Å². The van der Waals surface area contributed by atoms with Crippen molar-refractivity contribution in [1.82, 2.24) is 10.4 Å². The Bertz CT molecular complexity index is 154. The van der Waals surface area contributed by atoms with Crippen LogP contribution in [0.3, 0.4) is 0 Å². The van der Waals surface area contributed by atoms with E-state index in [-0.39, 0.29) is 5.91 Å². The molecule has 6 heteroatoms. The highest BCUT2D eigenvalue weighted by Gasteiger charge is 1.94. The number of hydrogen-bond donors (Lipinski definition) is 3. The minimum absolute atomic E-state index is 0.289. The average molecular weight is 143 g/mol. The second kappa shape index (κ2) is 4.30. The summed E-state index contributed by atoms with van der Waals surface area (Å²) in [6.07, 6.45) is 1.98. The lowest BCUT2D eigenvalue weighted by molar-refractivity contribution is -0.121. The van der Waals surface area contributed by atoms with E-state index < -0.39 is 0 Å². The molecule has 0 fully saturated rings. The first-order valence-electron chi connectivity index (χ1n) is 2.50. The molecular formula is C4H9N5O. The van der Waals surface area contributed by atoms with Crippen LogP contribution in [0.1, 0.15) is 6.92 Å². The van der Waals surface area contributed by atoms with E-state index in [0.29, 0.717) is 0 Å². The predicted octanol–water partition coefficient (Wildman–Crippen LogP) is -1.15. The van der Waals surface area contributed by atoms with Gasteiger partial charge in [0.05, 0.1) is 0 Å². The van der Waals surface area contributed by atoms with Gasteiger partial charge in [0.25, 0.3) is 0 Å². The van der Waals surface area contributed by atoms with Crippen LogP contribution in [-0.4, -0.2) is 23.6 Å². The van der Waals surface area contributed by atoms with Crippen LogP contribution in [0.2, 0.25) is 0 Å². The van der Waals surface area contributed by atoms with E-state index in [1.807, 2.05) is 0 Å². The van der Waals surface area contributed by atoms with Crippen LogP contribution in [-0.2, 0) is 4.79 Å². The van der Waals surface area contributed by atoms with Crippen molar-refractivity contribution in [1.29, 1.82) is 5.41 Å². The highest BCUT2D eigenvalue weighted by molar-refractivity contribution is 5.80. The molecule has 10 heavy (non-hydrogen) atoms. The normalized spacial score (nSPS) is 9.30. The molecule has 0 rings (SSSR count). The predicted molar refractivity (Wildman–Crippen MR) is 37.1 cm³/mol. The number of nitrogens with one attached hydrogen (secondary N) is 2. The number of hydrogen-bond acceptors (Lipinski definition) is 4. The number of hydrazone groups is 1. The summed E-state index contributed by atoms with van der Waals surface area (Å²) in [4.78, 5) is 10.3.